The molecule has 1 fully saturated rings. The second-order valence-electron chi connectivity index (χ2n) is 5.89. The molecule has 6 heteroatoms. The number of carbonyl (C=O) groups is 1. The largest absolute Gasteiger partial charge is 0.338 e. The fraction of sp³-hybridized carbons (Fsp3) is 0.429. The Hall–Kier alpha value is -2.24. The number of likely N-dealkylation sites (tertiary alicyclic amines) is 1. The van der Waals surface area contributed by atoms with Gasteiger partial charge in [-0.3, -0.25) is 4.79 Å². The normalized spacial score (nSPS) is 17.4. The molecule has 3 rings (SSSR count). The molecule has 0 atom stereocenters. The van der Waals surface area contributed by atoms with E-state index >= 15 is 0 Å². The van der Waals surface area contributed by atoms with Crippen molar-refractivity contribution in [2.75, 3.05) is 13.1 Å². The number of rotatable bonds is 2. The number of carbonyl (C=O) groups excluding carboxylic acids is 1. The van der Waals surface area contributed by atoms with E-state index in [1.165, 1.54) is 6.33 Å². The van der Waals surface area contributed by atoms with Crippen LogP contribution < -0.4 is 0 Å². The predicted molar refractivity (Wildman–Crippen MR) is 73.5 cm³/mol. The first kappa shape index (κ1) is 12.8. The average molecular weight is 271 g/mol. The van der Waals surface area contributed by atoms with E-state index in [0.29, 0.717) is 11.4 Å². The number of hydrogen-bond donors (Lipinski definition) is 0. The zero-order valence-corrected chi connectivity index (χ0v) is 11.7. The van der Waals surface area contributed by atoms with Crippen LogP contribution >= 0.6 is 0 Å². The molecule has 0 unspecified atom stereocenters. The summed E-state index contributed by atoms with van der Waals surface area (Å²) in [6.45, 7) is 5.99. The Bertz CT molecular complexity index is 603. The van der Waals surface area contributed by atoms with Crippen LogP contribution in [0, 0.1) is 5.41 Å². The van der Waals surface area contributed by atoms with Crippen LogP contribution in [-0.2, 0) is 0 Å². The Morgan fingerprint density at radius 2 is 2.20 bits per heavy atom. The van der Waals surface area contributed by atoms with Gasteiger partial charge >= 0.3 is 0 Å². The second kappa shape index (κ2) is 4.70. The number of amides is 1. The maximum Gasteiger partial charge on any atom is 0.255 e. The van der Waals surface area contributed by atoms with E-state index < -0.39 is 0 Å². The zero-order valence-electron chi connectivity index (χ0n) is 11.7. The molecular formula is C14H17N5O. The van der Waals surface area contributed by atoms with E-state index in [1.54, 1.807) is 29.3 Å². The first-order valence-electron chi connectivity index (χ1n) is 6.65. The van der Waals surface area contributed by atoms with Crippen LogP contribution in [0.2, 0.25) is 0 Å². The molecular weight excluding hydrogens is 254 g/mol. The van der Waals surface area contributed by atoms with Crippen LogP contribution in [0.1, 0.15) is 30.6 Å². The molecule has 0 radical (unpaired) electrons. The number of hydrogen-bond acceptors (Lipinski definition) is 4. The van der Waals surface area contributed by atoms with E-state index in [2.05, 4.69) is 28.9 Å². The SMILES string of the molecule is CC1(C)CCN(C(=O)c2ccc(-n3cncn3)nc2)C1. The van der Waals surface area contributed by atoms with Crippen molar-refractivity contribution in [3.8, 4) is 5.82 Å². The van der Waals surface area contributed by atoms with Gasteiger partial charge in [-0.1, -0.05) is 13.8 Å². The Kier molecular flexibility index (Phi) is 3.00. The lowest BCUT2D eigenvalue weighted by atomic mass is 9.93. The third-order valence-electron chi connectivity index (χ3n) is 3.61. The van der Waals surface area contributed by atoms with Gasteiger partial charge in [-0.2, -0.15) is 5.10 Å². The van der Waals surface area contributed by atoms with E-state index in [9.17, 15) is 4.79 Å². The van der Waals surface area contributed by atoms with Crippen LogP contribution in [0.3, 0.4) is 0 Å². The topological polar surface area (TPSA) is 63.9 Å². The van der Waals surface area contributed by atoms with Crippen molar-refractivity contribution in [2.45, 2.75) is 20.3 Å². The minimum atomic E-state index is 0.0493. The summed E-state index contributed by atoms with van der Waals surface area (Å²) in [7, 11) is 0. The molecule has 0 spiro atoms. The molecule has 1 aliphatic heterocycles. The smallest absolute Gasteiger partial charge is 0.255 e. The van der Waals surface area contributed by atoms with Crippen LogP contribution in [0.5, 0.6) is 0 Å². The fourth-order valence-corrected chi connectivity index (χ4v) is 2.44. The highest BCUT2D eigenvalue weighted by atomic mass is 16.2. The van der Waals surface area contributed by atoms with Crippen LogP contribution in [-0.4, -0.2) is 43.6 Å². The lowest BCUT2D eigenvalue weighted by Crippen LogP contribution is -2.30. The van der Waals surface area contributed by atoms with Crippen molar-refractivity contribution in [3.63, 3.8) is 0 Å². The van der Waals surface area contributed by atoms with Crippen molar-refractivity contribution >= 4 is 5.91 Å². The highest BCUT2D eigenvalue weighted by molar-refractivity contribution is 5.94. The maximum absolute atomic E-state index is 12.4. The molecule has 0 aliphatic carbocycles. The summed E-state index contributed by atoms with van der Waals surface area (Å²) in [6.07, 6.45) is 5.67. The minimum Gasteiger partial charge on any atom is -0.338 e. The van der Waals surface area contributed by atoms with Crippen molar-refractivity contribution in [1.29, 1.82) is 0 Å². The zero-order chi connectivity index (χ0) is 14.2. The molecule has 3 heterocycles. The highest BCUT2D eigenvalue weighted by Gasteiger charge is 2.32. The number of aromatic nitrogens is 4. The van der Waals surface area contributed by atoms with E-state index in [0.717, 1.165) is 19.5 Å². The van der Waals surface area contributed by atoms with Gasteiger partial charge in [0.05, 0.1) is 5.56 Å². The molecule has 0 aromatic carbocycles. The Labute approximate surface area is 117 Å². The highest BCUT2D eigenvalue weighted by Crippen LogP contribution is 2.29. The summed E-state index contributed by atoms with van der Waals surface area (Å²) in [4.78, 5) is 22.4. The van der Waals surface area contributed by atoms with Gasteiger partial charge in [-0.05, 0) is 24.0 Å². The first-order valence-corrected chi connectivity index (χ1v) is 6.65. The number of pyridine rings is 1. The molecule has 104 valence electrons. The lowest BCUT2D eigenvalue weighted by Gasteiger charge is -2.19. The van der Waals surface area contributed by atoms with Crippen molar-refractivity contribution in [3.05, 3.63) is 36.5 Å². The monoisotopic (exact) mass is 271 g/mol. The van der Waals surface area contributed by atoms with E-state index in [1.807, 2.05) is 4.90 Å². The lowest BCUT2D eigenvalue weighted by molar-refractivity contribution is 0.0778. The van der Waals surface area contributed by atoms with Gasteiger partial charge in [0.25, 0.3) is 5.91 Å². The predicted octanol–water partition coefficient (Wildman–Crippen LogP) is 1.53. The molecule has 0 N–H and O–H groups in total. The molecule has 1 amide bonds. The summed E-state index contributed by atoms with van der Waals surface area (Å²) < 4.78 is 1.56. The summed E-state index contributed by atoms with van der Waals surface area (Å²) in [6, 6.07) is 3.57. The van der Waals surface area contributed by atoms with Gasteiger partial charge in [0.1, 0.15) is 12.7 Å². The minimum absolute atomic E-state index is 0.0493. The standard InChI is InChI=1S/C14H17N5O/c1-14(2)5-6-18(8-14)13(20)11-3-4-12(16-7-11)19-10-15-9-17-19/h3-4,7,9-10H,5-6,8H2,1-2H3. The molecule has 0 saturated carbocycles. The molecule has 0 bridgehead atoms. The summed E-state index contributed by atoms with van der Waals surface area (Å²) >= 11 is 0. The molecule has 1 saturated heterocycles. The Balaban J connectivity index is 1.76. The second-order valence-corrected chi connectivity index (χ2v) is 5.89. The molecule has 6 nitrogen and oxygen atoms in total. The average Bonchev–Trinajstić information content (AvgIpc) is 3.07. The summed E-state index contributed by atoms with van der Waals surface area (Å²) in [5.74, 6) is 0.703. The third kappa shape index (κ3) is 2.41. The quantitative estimate of drug-likeness (QED) is 0.831. The molecule has 2 aromatic rings. The van der Waals surface area contributed by atoms with Gasteiger partial charge < -0.3 is 4.90 Å². The Morgan fingerprint density at radius 1 is 1.35 bits per heavy atom. The van der Waals surface area contributed by atoms with Crippen molar-refractivity contribution in [1.82, 2.24) is 24.6 Å². The van der Waals surface area contributed by atoms with Crippen LogP contribution in [0.15, 0.2) is 31.0 Å². The summed E-state index contributed by atoms with van der Waals surface area (Å²) in [5.41, 5.74) is 0.829. The van der Waals surface area contributed by atoms with Gasteiger partial charge in [-0.15, -0.1) is 0 Å². The van der Waals surface area contributed by atoms with Crippen LogP contribution in [0.25, 0.3) is 5.82 Å². The maximum atomic E-state index is 12.4. The third-order valence-corrected chi connectivity index (χ3v) is 3.61. The molecule has 20 heavy (non-hydrogen) atoms. The Morgan fingerprint density at radius 3 is 2.75 bits per heavy atom. The van der Waals surface area contributed by atoms with E-state index in [4.69, 9.17) is 0 Å². The number of nitrogens with zero attached hydrogens (tertiary/aromatic N) is 5. The first-order chi connectivity index (χ1) is 9.55. The fourth-order valence-electron chi connectivity index (χ4n) is 2.44. The van der Waals surface area contributed by atoms with Crippen LogP contribution in [0.4, 0.5) is 0 Å². The van der Waals surface area contributed by atoms with Gasteiger partial charge in [-0.25, -0.2) is 14.6 Å². The van der Waals surface area contributed by atoms with Gasteiger partial charge in [0.2, 0.25) is 0 Å². The molecule has 2 aromatic heterocycles. The molecule has 1 aliphatic rings. The van der Waals surface area contributed by atoms with E-state index in [-0.39, 0.29) is 11.3 Å². The van der Waals surface area contributed by atoms with Crippen molar-refractivity contribution < 1.29 is 4.79 Å². The summed E-state index contributed by atoms with van der Waals surface area (Å²) in [5, 5.41) is 4.01. The van der Waals surface area contributed by atoms with Crippen molar-refractivity contribution in [2.24, 2.45) is 5.41 Å². The van der Waals surface area contributed by atoms with Gasteiger partial charge in [0, 0.05) is 19.3 Å². The van der Waals surface area contributed by atoms with Gasteiger partial charge in [0.15, 0.2) is 5.82 Å².